The highest BCUT2D eigenvalue weighted by Gasteiger charge is 2.16. The second-order valence-corrected chi connectivity index (χ2v) is 7.80. The summed E-state index contributed by atoms with van der Waals surface area (Å²) in [5.74, 6) is -0.588. The molecular weight excluding hydrogens is 346 g/mol. The fourth-order valence-corrected chi connectivity index (χ4v) is 4.16. The smallest absolute Gasteiger partial charge is 0.338 e. The molecule has 5 nitrogen and oxygen atoms in total. The van der Waals surface area contributed by atoms with Gasteiger partial charge in [0.15, 0.2) is 0 Å². The van der Waals surface area contributed by atoms with Crippen molar-refractivity contribution in [3.8, 4) is 0 Å². The van der Waals surface area contributed by atoms with Gasteiger partial charge >= 0.3 is 5.97 Å². The molecule has 3 aromatic rings. The topological polar surface area (TPSA) is 86.5 Å². The first-order valence-corrected chi connectivity index (χ1v) is 9.54. The Bertz CT molecular complexity index is 1020. The van der Waals surface area contributed by atoms with Crippen LogP contribution in [0.5, 0.6) is 0 Å². The fraction of sp³-hybridized carbons (Fsp3) is 0.118. The Morgan fingerprint density at radius 2 is 1.96 bits per heavy atom. The van der Waals surface area contributed by atoms with Crippen LogP contribution in [-0.2, 0) is 21.4 Å². The fourth-order valence-electron chi connectivity index (χ4n) is 2.40. The zero-order valence-electron chi connectivity index (χ0n) is 12.9. The van der Waals surface area contributed by atoms with Crippen LogP contribution >= 0.6 is 11.3 Å². The summed E-state index contributed by atoms with van der Waals surface area (Å²) in [5.41, 5.74) is 1.56. The van der Waals surface area contributed by atoms with E-state index in [0.29, 0.717) is 5.56 Å². The number of nitrogens with two attached hydrogens (primary N) is 1. The molecule has 0 fully saturated rings. The van der Waals surface area contributed by atoms with Gasteiger partial charge in [0, 0.05) is 10.3 Å². The number of fused-ring (bicyclic) bond motifs is 1. The summed E-state index contributed by atoms with van der Waals surface area (Å²) in [6.07, 6.45) is 0. The largest absolute Gasteiger partial charge is 0.457 e. The highest BCUT2D eigenvalue weighted by molar-refractivity contribution is 7.89. The van der Waals surface area contributed by atoms with Crippen LogP contribution in [0.15, 0.2) is 52.7 Å². The van der Waals surface area contributed by atoms with Crippen molar-refractivity contribution in [1.29, 1.82) is 0 Å². The lowest BCUT2D eigenvalue weighted by atomic mass is 10.1. The van der Waals surface area contributed by atoms with Crippen molar-refractivity contribution in [2.75, 3.05) is 0 Å². The first kappa shape index (κ1) is 16.6. The van der Waals surface area contributed by atoms with Crippen molar-refractivity contribution >= 4 is 37.4 Å². The zero-order chi connectivity index (χ0) is 17.3. The Hall–Kier alpha value is -2.22. The van der Waals surface area contributed by atoms with Gasteiger partial charge in [0.2, 0.25) is 10.0 Å². The number of ether oxygens (including phenoxy) is 1. The third-order valence-corrected chi connectivity index (χ3v) is 5.72. The average Bonchev–Trinajstić information content (AvgIpc) is 2.95. The van der Waals surface area contributed by atoms with E-state index in [2.05, 4.69) is 0 Å². The molecule has 0 saturated carbocycles. The zero-order valence-corrected chi connectivity index (χ0v) is 14.5. The minimum Gasteiger partial charge on any atom is -0.457 e. The van der Waals surface area contributed by atoms with E-state index in [1.54, 1.807) is 18.3 Å². The number of carbonyl (C=O) groups excluding carboxylic acids is 1. The third-order valence-electron chi connectivity index (χ3n) is 3.65. The van der Waals surface area contributed by atoms with Crippen LogP contribution in [0.25, 0.3) is 10.1 Å². The normalized spacial score (nSPS) is 11.6. The number of hydrogen-bond donors (Lipinski definition) is 1. The molecule has 0 bridgehead atoms. The van der Waals surface area contributed by atoms with Gasteiger partial charge in [0.25, 0.3) is 0 Å². The standard InChI is InChI=1S/C17H15NO4S2/c1-11-6-7-12(8-16(11)24(18,20)21)17(19)22-9-13-10-23-15-5-3-2-4-14(13)15/h2-8,10H,9H2,1H3,(H2,18,20,21). The maximum atomic E-state index is 12.2. The van der Waals surface area contributed by atoms with Gasteiger partial charge in [-0.2, -0.15) is 0 Å². The molecule has 1 aromatic heterocycles. The Morgan fingerprint density at radius 1 is 1.21 bits per heavy atom. The Balaban J connectivity index is 1.81. The van der Waals surface area contributed by atoms with Gasteiger partial charge in [-0.1, -0.05) is 24.3 Å². The monoisotopic (exact) mass is 361 g/mol. The maximum Gasteiger partial charge on any atom is 0.338 e. The number of rotatable bonds is 4. The molecule has 0 unspecified atom stereocenters. The Labute approximate surface area is 143 Å². The highest BCUT2D eigenvalue weighted by Crippen LogP contribution is 2.26. The van der Waals surface area contributed by atoms with E-state index in [1.165, 1.54) is 18.2 Å². The molecule has 0 aliphatic rings. The molecule has 0 spiro atoms. The molecule has 0 atom stereocenters. The number of aryl methyl sites for hydroxylation is 1. The Kier molecular flexibility index (Phi) is 4.40. The first-order chi connectivity index (χ1) is 11.4. The number of esters is 1. The van der Waals surface area contributed by atoms with Crippen LogP contribution in [0.3, 0.4) is 0 Å². The highest BCUT2D eigenvalue weighted by atomic mass is 32.2. The average molecular weight is 361 g/mol. The van der Waals surface area contributed by atoms with Crippen molar-refractivity contribution in [2.24, 2.45) is 5.14 Å². The second kappa shape index (κ2) is 6.35. The van der Waals surface area contributed by atoms with E-state index >= 15 is 0 Å². The lowest BCUT2D eigenvalue weighted by Gasteiger charge is -2.08. The molecule has 0 aliphatic heterocycles. The van der Waals surface area contributed by atoms with Crippen molar-refractivity contribution < 1.29 is 17.9 Å². The molecule has 1 heterocycles. The summed E-state index contributed by atoms with van der Waals surface area (Å²) < 4.78 is 29.5. The molecule has 0 saturated heterocycles. The SMILES string of the molecule is Cc1ccc(C(=O)OCc2csc3ccccc23)cc1S(N)(=O)=O. The van der Waals surface area contributed by atoms with Crippen molar-refractivity contribution in [2.45, 2.75) is 18.4 Å². The van der Waals surface area contributed by atoms with E-state index < -0.39 is 16.0 Å². The molecule has 2 N–H and O–H groups in total. The molecule has 2 aromatic carbocycles. The van der Waals surface area contributed by atoms with Gasteiger partial charge in [-0.15, -0.1) is 11.3 Å². The summed E-state index contributed by atoms with van der Waals surface area (Å²) in [7, 11) is -3.88. The molecular formula is C17H15NO4S2. The van der Waals surface area contributed by atoms with Crippen LogP contribution in [0.1, 0.15) is 21.5 Å². The van der Waals surface area contributed by atoms with Crippen LogP contribution in [0, 0.1) is 6.92 Å². The minimum absolute atomic E-state index is 0.0714. The van der Waals surface area contributed by atoms with E-state index in [1.807, 2.05) is 29.6 Å². The number of hydrogen-bond acceptors (Lipinski definition) is 5. The lowest BCUT2D eigenvalue weighted by molar-refractivity contribution is 0.0474. The van der Waals surface area contributed by atoms with Gasteiger partial charge in [-0.05, 0) is 41.5 Å². The van der Waals surface area contributed by atoms with Crippen LogP contribution < -0.4 is 5.14 Å². The number of thiophene rings is 1. The predicted molar refractivity (Wildman–Crippen MR) is 93.5 cm³/mol. The summed E-state index contributed by atoms with van der Waals surface area (Å²) >= 11 is 1.58. The van der Waals surface area contributed by atoms with E-state index in [9.17, 15) is 13.2 Å². The number of sulfonamides is 1. The number of benzene rings is 2. The van der Waals surface area contributed by atoms with Gasteiger partial charge in [0.1, 0.15) is 6.61 Å². The maximum absolute atomic E-state index is 12.2. The van der Waals surface area contributed by atoms with Crippen LogP contribution in [0.4, 0.5) is 0 Å². The molecule has 3 rings (SSSR count). The van der Waals surface area contributed by atoms with Gasteiger partial charge < -0.3 is 4.74 Å². The molecule has 0 radical (unpaired) electrons. The third kappa shape index (κ3) is 3.33. The number of primary sulfonamides is 1. The molecule has 7 heteroatoms. The number of carbonyl (C=O) groups is 1. The summed E-state index contributed by atoms with van der Waals surface area (Å²) in [6.45, 7) is 1.74. The quantitative estimate of drug-likeness (QED) is 0.723. The van der Waals surface area contributed by atoms with Gasteiger partial charge in [-0.25, -0.2) is 18.4 Å². The van der Waals surface area contributed by atoms with E-state index in [4.69, 9.17) is 9.88 Å². The van der Waals surface area contributed by atoms with Crippen LogP contribution in [0.2, 0.25) is 0 Å². The minimum atomic E-state index is -3.88. The van der Waals surface area contributed by atoms with Crippen LogP contribution in [-0.4, -0.2) is 14.4 Å². The summed E-state index contributed by atoms with van der Waals surface area (Å²) in [6, 6.07) is 12.2. The van der Waals surface area contributed by atoms with Gasteiger partial charge in [0.05, 0.1) is 10.5 Å². The molecule has 24 heavy (non-hydrogen) atoms. The summed E-state index contributed by atoms with van der Waals surface area (Å²) in [5, 5.41) is 8.15. The molecule has 0 aliphatic carbocycles. The second-order valence-electron chi connectivity index (χ2n) is 5.36. The van der Waals surface area contributed by atoms with Gasteiger partial charge in [-0.3, -0.25) is 0 Å². The van der Waals surface area contributed by atoms with E-state index in [0.717, 1.165) is 15.6 Å². The van der Waals surface area contributed by atoms with E-state index in [-0.39, 0.29) is 17.1 Å². The Morgan fingerprint density at radius 3 is 2.71 bits per heavy atom. The van der Waals surface area contributed by atoms with Crippen molar-refractivity contribution in [3.05, 3.63) is 64.5 Å². The lowest BCUT2D eigenvalue weighted by Crippen LogP contribution is -2.15. The van der Waals surface area contributed by atoms with Crippen molar-refractivity contribution in [1.82, 2.24) is 0 Å². The first-order valence-electron chi connectivity index (χ1n) is 7.12. The van der Waals surface area contributed by atoms with Crippen molar-refractivity contribution in [3.63, 3.8) is 0 Å². The predicted octanol–water partition coefficient (Wildman–Crippen LogP) is 3.21. The molecule has 124 valence electrons. The summed E-state index contributed by atoms with van der Waals surface area (Å²) in [4.78, 5) is 12.1. The molecule has 0 amide bonds.